The molecular weight excluding hydrogens is 212 g/mol. The monoisotopic (exact) mass is 226 g/mol. The molecule has 0 bridgehead atoms. The molecule has 0 aliphatic carbocycles. The standard InChI is InChI=1S/C12H15ClO2/c1-4-14-11-12(2,3)9-7-8(13)5-6-10(9)15-11/h5-7,11H,4H2,1-3H3. The molecule has 1 heterocycles. The Morgan fingerprint density at radius 1 is 1.47 bits per heavy atom. The van der Waals surface area contributed by atoms with Crippen molar-refractivity contribution in [2.75, 3.05) is 6.61 Å². The summed E-state index contributed by atoms with van der Waals surface area (Å²) in [7, 11) is 0. The van der Waals surface area contributed by atoms with Gasteiger partial charge in [-0.3, -0.25) is 0 Å². The fourth-order valence-corrected chi connectivity index (χ4v) is 2.06. The first-order valence-corrected chi connectivity index (χ1v) is 5.51. The average molecular weight is 227 g/mol. The van der Waals surface area contributed by atoms with Crippen molar-refractivity contribution in [3.63, 3.8) is 0 Å². The third kappa shape index (κ3) is 1.72. The first kappa shape index (κ1) is 10.8. The topological polar surface area (TPSA) is 18.5 Å². The lowest BCUT2D eigenvalue weighted by molar-refractivity contribution is -0.0981. The highest BCUT2D eigenvalue weighted by Gasteiger charge is 2.42. The van der Waals surface area contributed by atoms with Gasteiger partial charge in [0, 0.05) is 17.2 Å². The lowest BCUT2D eigenvalue weighted by Crippen LogP contribution is -2.34. The van der Waals surface area contributed by atoms with Crippen LogP contribution in [0.15, 0.2) is 18.2 Å². The van der Waals surface area contributed by atoms with Crippen molar-refractivity contribution < 1.29 is 9.47 Å². The van der Waals surface area contributed by atoms with Gasteiger partial charge >= 0.3 is 0 Å². The Morgan fingerprint density at radius 2 is 2.20 bits per heavy atom. The minimum atomic E-state index is -0.212. The van der Waals surface area contributed by atoms with Crippen molar-refractivity contribution in [1.29, 1.82) is 0 Å². The van der Waals surface area contributed by atoms with E-state index >= 15 is 0 Å². The third-order valence-electron chi connectivity index (χ3n) is 2.78. The molecule has 3 heteroatoms. The van der Waals surface area contributed by atoms with Crippen molar-refractivity contribution in [3.8, 4) is 5.75 Å². The minimum absolute atomic E-state index is 0.143. The van der Waals surface area contributed by atoms with Gasteiger partial charge in [0.15, 0.2) is 0 Å². The van der Waals surface area contributed by atoms with E-state index in [1.807, 2.05) is 25.1 Å². The maximum absolute atomic E-state index is 5.98. The minimum Gasteiger partial charge on any atom is -0.464 e. The van der Waals surface area contributed by atoms with Crippen molar-refractivity contribution in [2.45, 2.75) is 32.5 Å². The summed E-state index contributed by atoms with van der Waals surface area (Å²) in [6, 6.07) is 5.69. The Morgan fingerprint density at radius 3 is 2.87 bits per heavy atom. The molecule has 15 heavy (non-hydrogen) atoms. The highest BCUT2D eigenvalue weighted by atomic mass is 35.5. The van der Waals surface area contributed by atoms with E-state index in [1.54, 1.807) is 0 Å². The fourth-order valence-electron chi connectivity index (χ4n) is 1.89. The maximum Gasteiger partial charge on any atom is 0.209 e. The number of halogens is 1. The van der Waals surface area contributed by atoms with E-state index in [9.17, 15) is 0 Å². The van der Waals surface area contributed by atoms with Crippen molar-refractivity contribution >= 4 is 11.6 Å². The van der Waals surface area contributed by atoms with Gasteiger partial charge in [0.2, 0.25) is 6.29 Å². The Labute approximate surface area is 95.1 Å². The Bertz CT molecular complexity index is 374. The molecule has 82 valence electrons. The van der Waals surface area contributed by atoms with E-state index in [4.69, 9.17) is 21.1 Å². The first-order chi connectivity index (χ1) is 7.05. The van der Waals surface area contributed by atoms with Gasteiger partial charge < -0.3 is 9.47 Å². The molecule has 2 rings (SSSR count). The summed E-state index contributed by atoms with van der Waals surface area (Å²) in [5.74, 6) is 0.878. The number of rotatable bonds is 2. The van der Waals surface area contributed by atoms with Crippen molar-refractivity contribution in [2.24, 2.45) is 0 Å². The van der Waals surface area contributed by atoms with Gasteiger partial charge in [-0.05, 0) is 39.0 Å². The van der Waals surface area contributed by atoms with E-state index in [2.05, 4.69) is 13.8 Å². The SMILES string of the molecule is CCOC1Oc2ccc(Cl)cc2C1(C)C. The van der Waals surface area contributed by atoms with Gasteiger partial charge in [0.1, 0.15) is 5.75 Å². The molecule has 0 amide bonds. The van der Waals surface area contributed by atoms with Crippen LogP contribution in [0.5, 0.6) is 5.75 Å². The first-order valence-electron chi connectivity index (χ1n) is 5.14. The summed E-state index contributed by atoms with van der Waals surface area (Å²) < 4.78 is 11.3. The molecule has 1 aliphatic heterocycles. The highest BCUT2D eigenvalue weighted by Crippen LogP contribution is 2.44. The molecular formula is C12H15ClO2. The van der Waals surface area contributed by atoms with E-state index in [-0.39, 0.29) is 11.7 Å². The molecule has 1 aromatic rings. The molecule has 1 aromatic carbocycles. The van der Waals surface area contributed by atoms with Crippen LogP contribution in [0, 0.1) is 0 Å². The molecule has 0 saturated heterocycles. The summed E-state index contributed by atoms with van der Waals surface area (Å²) in [5, 5.41) is 0.738. The lowest BCUT2D eigenvalue weighted by Gasteiger charge is -2.25. The summed E-state index contributed by atoms with van der Waals surface area (Å²) in [5.41, 5.74) is 0.976. The molecule has 1 unspecified atom stereocenters. The molecule has 2 nitrogen and oxygen atoms in total. The Hall–Kier alpha value is -0.730. The predicted octanol–water partition coefficient (Wildman–Crippen LogP) is 3.37. The number of ether oxygens (including phenoxy) is 2. The van der Waals surface area contributed by atoms with Crippen LogP contribution in [-0.2, 0) is 10.2 Å². The quantitative estimate of drug-likeness (QED) is 0.770. The van der Waals surface area contributed by atoms with E-state index in [0.717, 1.165) is 16.3 Å². The number of hydrogen-bond acceptors (Lipinski definition) is 2. The second kappa shape index (κ2) is 3.69. The molecule has 0 fully saturated rings. The second-order valence-corrected chi connectivity index (χ2v) is 4.70. The van der Waals surface area contributed by atoms with Crippen molar-refractivity contribution in [1.82, 2.24) is 0 Å². The van der Waals surface area contributed by atoms with Crippen LogP contribution in [0.25, 0.3) is 0 Å². The summed E-state index contributed by atoms with van der Waals surface area (Å²) in [6.45, 7) is 6.83. The zero-order valence-electron chi connectivity index (χ0n) is 9.21. The molecule has 0 saturated carbocycles. The van der Waals surface area contributed by atoms with Crippen LogP contribution in [0.3, 0.4) is 0 Å². The van der Waals surface area contributed by atoms with Gasteiger partial charge in [-0.15, -0.1) is 0 Å². The molecule has 0 aromatic heterocycles. The molecule has 1 aliphatic rings. The summed E-state index contributed by atoms with van der Waals surface area (Å²) in [4.78, 5) is 0. The molecule has 0 N–H and O–H groups in total. The number of benzene rings is 1. The van der Waals surface area contributed by atoms with Gasteiger partial charge in [0.25, 0.3) is 0 Å². The third-order valence-corrected chi connectivity index (χ3v) is 3.01. The molecule has 1 atom stereocenters. The van der Waals surface area contributed by atoms with Crippen LogP contribution in [-0.4, -0.2) is 12.9 Å². The second-order valence-electron chi connectivity index (χ2n) is 4.27. The van der Waals surface area contributed by atoms with Gasteiger partial charge in [-0.1, -0.05) is 11.6 Å². The zero-order valence-corrected chi connectivity index (χ0v) is 9.97. The van der Waals surface area contributed by atoms with Crippen LogP contribution in [0.4, 0.5) is 0 Å². The summed E-state index contributed by atoms with van der Waals surface area (Å²) in [6.07, 6.45) is -0.212. The normalized spacial score (nSPS) is 22.3. The van der Waals surface area contributed by atoms with Crippen LogP contribution in [0.2, 0.25) is 5.02 Å². The molecule has 0 spiro atoms. The van der Waals surface area contributed by atoms with Gasteiger partial charge in [-0.2, -0.15) is 0 Å². The van der Waals surface area contributed by atoms with Crippen molar-refractivity contribution in [3.05, 3.63) is 28.8 Å². The van der Waals surface area contributed by atoms with E-state index in [0.29, 0.717) is 6.61 Å². The van der Waals surface area contributed by atoms with Gasteiger partial charge in [0.05, 0.1) is 5.41 Å². The van der Waals surface area contributed by atoms with Gasteiger partial charge in [-0.25, -0.2) is 0 Å². The zero-order chi connectivity index (χ0) is 11.1. The van der Waals surface area contributed by atoms with Crippen LogP contribution >= 0.6 is 11.6 Å². The number of fused-ring (bicyclic) bond motifs is 1. The van der Waals surface area contributed by atoms with Crippen LogP contribution in [0.1, 0.15) is 26.3 Å². The highest BCUT2D eigenvalue weighted by molar-refractivity contribution is 6.30. The van der Waals surface area contributed by atoms with Crippen LogP contribution < -0.4 is 4.74 Å². The molecule has 0 radical (unpaired) electrons. The van der Waals surface area contributed by atoms with E-state index < -0.39 is 0 Å². The van der Waals surface area contributed by atoms with E-state index in [1.165, 1.54) is 0 Å². The smallest absolute Gasteiger partial charge is 0.209 e. The number of hydrogen-bond donors (Lipinski definition) is 0. The Balaban J connectivity index is 2.39. The average Bonchev–Trinajstić information content (AvgIpc) is 2.41. The fraction of sp³-hybridized carbons (Fsp3) is 0.500. The summed E-state index contributed by atoms with van der Waals surface area (Å²) >= 11 is 5.98. The Kier molecular flexibility index (Phi) is 2.65. The predicted molar refractivity (Wildman–Crippen MR) is 60.5 cm³/mol. The lowest BCUT2D eigenvalue weighted by atomic mass is 9.85. The maximum atomic E-state index is 5.98. The largest absolute Gasteiger partial charge is 0.464 e.